The van der Waals surface area contributed by atoms with Gasteiger partial charge < -0.3 is 16.0 Å². The van der Waals surface area contributed by atoms with Crippen LogP contribution in [0.15, 0.2) is 24.3 Å². The maximum Gasteiger partial charge on any atom is 0.228 e. The first-order valence-corrected chi connectivity index (χ1v) is 7.55. The monoisotopic (exact) mass is 287 g/mol. The molecule has 0 bridgehead atoms. The Morgan fingerprint density at radius 1 is 1.33 bits per heavy atom. The minimum Gasteiger partial charge on any atom is -0.351 e. The van der Waals surface area contributed by atoms with Gasteiger partial charge in [0.1, 0.15) is 0 Å². The van der Waals surface area contributed by atoms with Crippen molar-refractivity contribution >= 4 is 17.5 Å². The first kappa shape index (κ1) is 14.1. The Morgan fingerprint density at radius 2 is 2.14 bits per heavy atom. The normalized spacial score (nSPS) is 28.4. The lowest BCUT2D eigenvalue weighted by Gasteiger charge is -2.32. The van der Waals surface area contributed by atoms with E-state index in [1.165, 1.54) is 0 Å². The van der Waals surface area contributed by atoms with Gasteiger partial charge in [-0.1, -0.05) is 25.1 Å². The van der Waals surface area contributed by atoms with Crippen molar-refractivity contribution in [3.63, 3.8) is 0 Å². The Balaban J connectivity index is 1.77. The molecule has 112 valence electrons. The molecule has 0 aromatic heterocycles. The molecule has 1 aromatic rings. The number of rotatable bonds is 2. The standard InChI is InChI=1S/C16H21N3O2/c1-10-6-7-17-9-14(10)19-16(21)12-8-15(20)18-13-5-3-2-4-11(12)13/h2-5,10,12,14,17H,6-9H2,1H3,(H,18,20)(H,19,21). The van der Waals surface area contributed by atoms with Gasteiger partial charge in [-0.05, 0) is 30.5 Å². The molecular formula is C16H21N3O2. The highest BCUT2D eigenvalue weighted by atomic mass is 16.2. The quantitative estimate of drug-likeness (QED) is 0.766. The molecular weight excluding hydrogens is 266 g/mol. The van der Waals surface area contributed by atoms with Crippen LogP contribution in [0.5, 0.6) is 0 Å². The number of para-hydroxylation sites is 1. The van der Waals surface area contributed by atoms with Crippen LogP contribution in [0.1, 0.15) is 31.2 Å². The second-order valence-electron chi connectivity index (χ2n) is 5.98. The lowest BCUT2D eigenvalue weighted by Crippen LogP contribution is -2.51. The van der Waals surface area contributed by atoms with Gasteiger partial charge in [0.15, 0.2) is 0 Å². The van der Waals surface area contributed by atoms with Gasteiger partial charge in [0.25, 0.3) is 0 Å². The Kier molecular flexibility index (Phi) is 3.92. The Hall–Kier alpha value is -1.88. The summed E-state index contributed by atoms with van der Waals surface area (Å²) in [6.45, 7) is 3.96. The number of amides is 2. The van der Waals surface area contributed by atoms with E-state index in [9.17, 15) is 9.59 Å². The summed E-state index contributed by atoms with van der Waals surface area (Å²) in [7, 11) is 0. The highest BCUT2D eigenvalue weighted by Crippen LogP contribution is 2.32. The lowest BCUT2D eigenvalue weighted by molar-refractivity contribution is -0.127. The van der Waals surface area contributed by atoms with Gasteiger partial charge in [-0.15, -0.1) is 0 Å². The van der Waals surface area contributed by atoms with Crippen LogP contribution in [-0.4, -0.2) is 30.9 Å². The predicted octanol–water partition coefficient (Wildman–Crippen LogP) is 1.23. The fourth-order valence-corrected chi connectivity index (χ4v) is 3.11. The van der Waals surface area contributed by atoms with Crippen LogP contribution in [0.3, 0.4) is 0 Å². The maximum atomic E-state index is 12.6. The van der Waals surface area contributed by atoms with Crippen molar-refractivity contribution in [2.75, 3.05) is 18.4 Å². The van der Waals surface area contributed by atoms with Gasteiger partial charge in [-0.2, -0.15) is 0 Å². The third-order valence-electron chi connectivity index (χ3n) is 4.47. The van der Waals surface area contributed by atoms with Crippen LogP contribution in [0.4, 0.5) is 5.69 Å². The molecule has 5 nitrogen and oxygen atoms in total. The molecule has 0 spiro atoms. The number of anilines is 1. The van der Waals surface area contributed by atoms with Gasteiger partial charge in [-0.25, -0.2) is 0 Å². The number of hydrogen-bond acceptors (Lipinski definition) is 3. The van der Waals surface area contributed by atoms with Crippen LogP contribution in [0.2, 0.25) is 0 Å². The van der Waals surface area contributed by atoms with Crippen molar-refractivity contribution in [1.82, 2.24) is 10.6 Å². The lowest BCUT2D eigenvalue weighted by atomic mass is 9.88. The average Bonchev–Trinajstić information content (AvgIpc) is 2.48. The summed E-state index contributed by atoms with van der Waals surface area (Å²) >= 11 is 0. The second kappa shape index (κ2) is 5.85. The topological polar surface area (TPSA) is 70.2 Å². The SMILES string of the molecule is CC1CCNCC1NC(=O)C1CC(=O)Nc2ccccc21. The van der Waals surface area contributed by atoms with Crippen LogP contribution in [0.25, 0.3) is 0 Å². The van der Waals surface area contributed by atoms with E-state index in [1.807, 2.05) is 24.3 Å². The molecule has 3 atom stereocenters. The van der Waals surface area contributed by atoms with Crippen LogP contribution < -0.4 is 16.0 Å². The van der Waals surface area contributed by atoms with Crippen LogP contribution >= 0.6 is 0 Å². The van der Waals surface area contributed by atoms with Crippen molar-refractivity contribution in [2.45, 2.75) is 31.7 Å². The minimum absolute atomic E-state index is 0.0437. The molecule has 2 heterocycles. The van der Waals surface area contributed by atoms with E-state index in [1.54, 1.807) is 0 Å². The first-order chi connectivity index (χ1) is 10.1. The molecule has 2 aliphatic heterocycles. The van der Waals surface area contributed by atoms with E-state index in [0.717, 1.165) is 30.8 Å². The number of piperidine rings is 1. The van der Waals surface area contributed by atoms with Gasteiger partial charge in [0.2, 0.25) is 11.8 Å². The molecule has 1 saturated heterocycles. The molecule has 0 aliphatic carbocycles. The molecule has 0 radical (unpaired) electrons. The Bertz CT molecular complexity index is 558. The minimum atomic E-state index is -0.385. The van der Waals surface area contributed by atoms with E-state index in [0.29, 0.717) is 5.92 Å². The number of nitrogens with one attached hydrogen (secondary N) is 3. The van der Waals surface area contributed by atoms with Gasteiger partial charge in [0, 0.05) is 24.7 Å². The van der Waals surface area contributed by atoms with Gasteiger partial charge in [0.05, 0.1) is 5.92 Å². The van der Waals surface area contributed by atoms with Gasteiger partial charge in [-0.3, -0.25) is 9.59 Å². The third-order valence-corrected chi connectivity index (χ3v) is 4.47. The Morgan fingerprint density at radius 3 is 2.95 bits per heavy atom. The largest absolute Gasteiger partial charge is 0.351 e. The highest BCUT2D eigenvalue weighted by molar-refractivity contribution is 6.01. The first-order valence-electron chi connectivity index (χ1n) is 7.55. The zero-order valence-corrected chi connectivity index (χ0v) is 12.2. The zero-order valence-electron chi connectivity index (χ0n) is 12.2. The summed E-state index contributed by atoms with van der Waals surface area (Å²) in [5, 5.41) is 9.25. The van der Waals surface area contributed by atoms with E-state index in [-0.39, 0.29) is 30.2 Å². The molecule has 3 N–H and O–H groups in total. The van der Waals surface area contributed by atoms with E-state index in [2.05, 4.69) is 22.9 Å². The summed E-state index contributed by atoms with van der Waals surface area (Å²) in [5.41, 5.74) is 1.66. The van der Waals surface area contributed by atoms with E-state index < -0.39 is 0 Å². The molecule has 1 aromatic carbocycles. The van der Waals surface area contributed by atoms with Crippen molar-refractivity contribution in [3.05, 3.63) is 29.8 Å². The fraction of sp³-hybridized carbons (Fsp3) is 0.500. The number of carbonyl (C=O) groups is 2. The molecule has 21 heavy (non-hydrogen) atoms. The molecule has 3 rings (SSSR count). The zero-order chi connectivity index (χ0) is 14.8. The molecule has 1 fully saturated rings. The second-order valence-corrected chi connectivity index (χ2v) is 5.98. The molecule has 2 aliphatic rings. The number of carbonyl (C=O) groups excluding carboxylic acids is 2. The predicted molar refractivity (Wildman–Crippen MR) is 81.0 cm³/mol. The molecule has 0 saturated carbocycles. The summed E-state index contributed by atoms with van der Waals surface area (Å²) < 4.78 is 0. The van der Waals surface area contributed by atoms with E-state index >= 15 is 0 Å². The summed E-state index contributed by atoms with van der Waals surface area (Å²) in [5.74, 6) is -0.0616. The third kappa shape index (κ3) is 2.93. The van der Waals surface area contributed by atoms with Crippen LogP contribution in [0, 0.1) is 5.92 Å². The fourth-order valence-electron chi connectivity index (χ4n) is 3.11. The molecule has 5 heteroatoms. The summed E-state index contributed by atoms with van der Waals surface area (Å²) in [4.78, 5) is 24.4. The van der Waals surface area contributed by atoms with Crippen molar-refractivity contribution in [1.29, 1.82) is 0 Å². The summed E-state index contributed by atoms with van der Waals surface area (Å²) in [6.07, 6.45) is 1.28. The van der Waals surface area contributed by atoms with Crippen LogP contribution in [-0.2, 0) is 9.59 Å². The van der Waals surface area contributed by atoms with Crippen molar-refractivity contribution in [2.24, 2.45) is 5.92 Å². The highest BCUT2D eigenvalue weighted by Gasteiger charge is 2.32. The Labute approximate surface area is 124 Å². The van der Waals surface area contributed by atoms with Gasteiger partial charge >= 0.3 is 0 Å². The van der Waals surface area contributed by atoms with Crippen molar-refractivity contribution < 1.29 is 9.59 Å². The van der Waals surface area contributed by atoms with E-state index in [4.69, 9.17) is 0 Å². The number of benzene rings is 1. The smallest absolute Gasteiger partial charge is 0.228 e. The molecule has 3 unspecified atom stereocenters. The maximum absolute atomic E-state index is 12.6. The number of hydrogen-bond donors (Lipinski definition) is 3. The van der Waals surface area contributed by atoms with Crippen molar-refractivity contribution in [3.8, 4) is 0 Å². The number of fused-ring (bicyclic) bond motifs is 1. The summed E-state index contributed by atoms with van der Waals surface area (Å²) in [6, 6.07) is 7.68. The molecule has 2 amide bonds. The average molecular weight is 287 g/mol.